The summed E-state index contributed by atoms with van der Waals surface area (Å²) in [6.45, 7) is 0.333. The number of amides is 2. The van der Waals surface area contributed by atoms with Gasteiger partial charge in [-0.3, -0.25) is 14.9 Å². The molecule has 0 bridgehead atoms. The molecule has 1 aliphatic rings. The Bertz CT molecular complexity index is 1540. The molecule has 0 saturated heterocycles. The number of benzene rings is 2. The van der Waals surface area contributed by atoms with E-state index in [1.54, 1.807) is 24.3 Å². The highest BCUT2D eigenvalue weighted by molar-refractivity contribution is 7.15. The summed E-state index contributed by atoms with van der Waals surface area (Å²) >= 11 is 2.64. The van der Waals surface area contributed by atoms with E-state index in [4.69, 9.17) is 0 Å². The van der Waals surface area contributed by atoms with Gasteiger partial charge in [0.25, 0.3) is 0 Å². The number of hydrogen-bond donors (Lipinski definition) is 3. The third kappa shape index (κ3) is 8.36. The Labute approximate surface area is 254 Å². The molecule has 4 aromatic rings. The number of aliphatic hydroxyl groups is 1. The lowest BCUT2D eigenvalue weighted by Gasteiger charge is -2.25. The zero-order chi connectivity index (χ0) is 30.4. The Morgan fingerprint density at radius 2 is 1.63 bits per heavy atom. The number of aromatic nitrogens is 4. The van der Waals surface area contributed by atoms with Crippen LogP contribution in [0.25, 0.3) is 0 Å². The van der Waals surface area contributed by atoms with Crippen molar-refractivity contribution in [2.75, 3.05) is 17.2 Å². The van der Waals surface area contributed by atoms with E-state index in [0.29, 0.717) is 22.8 Å². The summed E-state index contributed by atoms with van der Waals surface area (Å²) in [7, 11) is 0. The second-order valence-corrected chi connectivity index (χ2v) is 12.4. The maximum Gasteiger partial charge on any atom is 0.394 e. The number of halogens is 2. The van der Waals surface area contributed by atoms with Crippen molar-refractivity contribution in [1.29, 1.82) is 0 Å². The fourth-order valence-corrected chi connectivity index (χ4v) is 6.83. The van der Waals surface area contributed by atoms with Crippen LogP contribution in [0.5, 0.6) is 5.75 Å². The summed E-state index contributed by atoms with van der Waals surface area (Å²) < 4.78 is 30.9. The molecule has 14 heteroatoms. The summed E-state index contributed by atoms with van der Waals surface area (Å²) in [5.74, 6) is -1.14. The fraction of sp³-hybridized carbons (Fsp3) is 0.379. The van der Waals surface area contributed by atoms with Gasteiger partial charge in [-0.25, -0.2) is 0 Å². The van der Waals surface area contributed by atoms with Crippen LogP contribution in [0.15, 0.2) is 54.6 Å². The molecule has 2 heterocycles. The molecule has 0 spiro atoms. The first kappa shape index (κ1) is 30.6. The van der Waals surface area contributed by atoms with E-state index < -0.39 is 12.0 Å². The van der Waals surface area contributed by atoms with Crippen molar-refractivity contribution in [3.05, 3.63) is 75.7 Å². The first-order valence-electron chi connectivity index (χ1n) is 13.8. The fourth-order valence-electron chi connectivity index (χ4n) is 5.03. The van der Waals surface area contributed by atoms with Crippen LogP contribution in [-0.4, -0.2) is 50.0 Å². The third-order valence-corrected chi connectivity index (χ3v) is 8.99. The second-order valence-electron chi connectivity index (χ2n) is 10.4. The molecule has 226 valence electrons. The first-order chi connectivity index (χ1) is 20.7. The van der Waals surface area contributed by atoms with E-state index >= 15 is 0 Å². The Hall–Kier alpha value is -3.88. The van der Waals surface area contributed by atoms with Gasteiger partial charge in [-0.05, 0) is 42.5 Å². The van der Waals surface area contributed by atoms with Gasteiger partial charge >= 0.3 is 6.11 Å². The van der Waals surface area contributed by atoms with Gasteiger partial charge in [0, 0.05) is 18.8 Å². The summed E-state index contributed by atoms with van der Waals surface area (Å²) in [6, 6.07) is 15.1. The lowest BCUT2D eigenvalue weighted by atomic mass is 9.82. The van der Waals surface area contributed by atoms with Gasteiger partial charge in [-0.2, -0.15) is 8.78 Å². The zero-order valence-electron chi connectivity index (χ0n) is 23.2. The number of nitrogens with zero attached hydrogens (tertiary/aromatic N) is 4. The molecule has 3 atom stereocenters. The van der Waals surface area contributed by atoms with Gasteiger partial charge in [0.05, 0.1) is 18.9 Å². The van der Waals surface area contributed by atoms with E-state index in [0.717, 1.165) is 41.3 Å². The minimum absolute atomic E-state index is 0.0191. The van der Waals surface area contributed by atoms with Crippen LogP contribution in [0.3, 0.4) is 0 Å². The molecule has 1 saturated carbocycles. The molecular formula is C29H30F2N6O4S2. The number of anilines is 2. The summed E-state index contributed by atoms with van der Waals surface area (Å²) in [5.41, 5.74) is 1.25. The number of carbonyl (C=O) groups is 2. The molecule has 1 unspecified atom stereocenters. The van der Waals surface area contributed by atoms with Crippen LogP contribution < -0.4 is 15.4 Å². The largest absolute Gasteiger partial charge is 0.433 e. The van der Waals surface area contributed by atoms with Crippen molar-refractivity contribution in [3.8, 4) is 5.75 Å². The van der Waals surface area contributed by atoms with E-state index in [1.807, 2.05) is 18.2 Å². The van der Waals surface area contributed by atoms with Crippen molar-refractivity contribution >= 4 is 44.8 Å². The molecule has 43 heavy (non-hydrogen) atoms. The summed E-state index contributed by atoms with van der Waals surface area (Å²) in [4.78, 5) is 25.4. The SMILES string of the molecule is CC(F)(F)Oc1cccc(CC(=O)Nc2nnc([C@H]3CCC[C@H](c4nnc(NC(=O)C(CO)c5ccccc5)s4)C3)s2)c1. The van der Waals surface area contributed by atoms with Crippen molar-refractivity contribution < 1.29 is 28.2 Å². The molecular weight excluding hydrogens is 598 g/mol. The van der Waals surface area contributed by atoms with Crippen LogP contribution in [0.4, 0.5) is 19.0 Å². The Morgan fingerprint density at radius 3 is 2.26 bits per heavy atom. The molecule has 1 aliphatic carbocycles. The number of nitrogens with one attached hydrogen (secondary N) is 2. The number of ether oxygens (including phenoxy) is 1. The summed E-state index contributed by atoms with van der Waals surface area (Å²) in [6.07, 6.45) is 0.232. The van der Waals surface area contributed by atoms with Crippen molar-refractivity contribution in [3.63, 3.8) is 0 Å². The Kier molecular flexibility index (Phi) is 9.68. The van der Waals surface area contributed by atoms with Crippen LogP contribution in [0, 0.1) is 0 Å². The molecule has 3 N–H and O–H groups in total. The predicted molar refractivity (Wildman–Crippen MR) is 159 cm³/mol. The smallest absolute Gasteiger partial charge is 0.394 e. The van der Waals surface area contributed by atoms with E-state index in [-0.39, 0.29) is 42.4 Å². The van der Waals surface area contributed by atoms with E-state index in [1.165, 1.54) is 34.8 Å². The zero-order valence-corrected chi connectivity index (χ0v) is 24.8. The van der Waals surface area contributed by atoms with Crippen LogP contribution in [0.2, 0.25) is 0 Å². The van der Waals surface area contributed by atoms with Crippen LogP contribution in [0.1, 0.15) is 71.5 Å². The van der Waals surface area contributed by atoms with Gasteiger partial charge in [0.1, 0.15) is 15.8 Å². The molecule has 0 aliphatic heterocycles. The molecule has 2 aromatic heterocycles. The predicted octanol–water partition coefficient (Wildman–Crippen LogP) is 5.72. The second kappa shape index (κ2) is 13.6. The molecule has 0 radical (unpaired) electrons. The van der Waals surface area contributed by atoms with Crippen LogP contribution in [-0.2, 0) is 16.0 Å². The van der Waals surface area contributed by atoms with Crippen molar-refractivity contribution in [2.45, 2.75) is 62.9 Å². The van der Waals surface area contributed by atoms with Crippen molar-refractivity contribution in [2.24, 2.45) is 0 Å². The topological polar surface area (TPSA) is 139 Å². The van der Waals surface area contributed by atoms with Gasteiger partial charge in [-0.15, -0.1) is 20.4 Å². The maximum atomic E-state index is 13.2. The van der Waals surface area contributed by atoms with Gasteiger partial charge in [0.2, 0.25) is 22.1 Å². The average Bonchev–Trinajstić information content (AvgIpc) is 3.63. The molecule has 2 aromatic carbocycles. The highest BCUT2D eigenvalue weighted by Crippen LogP contribution is 2.43. The average molecular weight is 629 g/mol. The van der Waals surface area contributed by atoms with Crippen molar-refractivity contribution in [1.82, 2.24) is 20.4 Å². The Balaban J connectivity index is 1.16. The van der Waals surface area contributed by atoms with Crippen LogP contribution >= 0.6 is 22.7 Å². The van der Waals surface area contributed by atoms with E-state index in [9.17, 15) is 23.5 Å². The number of rotatable bonds is 11. The Morgan fingerprint density at radius 1 is 0.977 bits per heavy atom. The quantitative estimate of drug-likeness (QED) is 0.192. The standard InChI is InChI=1S/C29H30F2N6O4S2/c1-29(30,31)41-21-12-5-7-17(13-21)14-23(39)32-27-36-34-25(42-27)19-10-6-11-20(15-19)26-35-37-28(43-26)33-24(40)22(16-38)18-8-3-2-4-9-18/h2-5,7-9,12-13,19-20,22,38H,6,10-11,14-16H2,1H3,(H,32,36,39)(H,33,37,40)/t19-,20-,22?/m0/s1. The molecule has 1 fully saturated rings. The number of alkyl halides is 2. The number of hydrogen-bond acceptors (Lipinski definition) is 10. The highest BCUT2D eigenvalue weighted by Gasteiger charge is 2.30. The molecule has 5 rings (SSSR count). The minimum Gasteiger partial charge on any atom is -0.433 e. The maximum absolute atomic E-state index is 13.2. The first-order valence-corrected chi connectivity index (χ1v) is 15.4. The highest BCUT2D eigenvalue weighted by atomic mass is 32.1. The van der Waals surface area contributed by atoms with Gasteiger partial charge < -0.3 is 15.2 Å². The third-order valence-electron chi connectivity index (χ3n) is 6.99. The monoisotopic (exact) mass is 628 g/mol. The lowest BCUT2D eigenvalue weighted by molar-refractivity contribution is -0.159. The van der Waals surface area contributed by atoms with E-state index in [2.05, 4.69) is 35.8 Å². The molecule has 2 amide bonds. The number of aliphatic hydroxyl groups excluding tert-OH is 1. The minimum atomic E-state index is -3.32. The number of carbonyl (C=O) groups excluding carboxylic acids is 2. The lowest BCUT2D eigenvalue weighted by Crippen LogP contribution is -2.23. The summed E-state index contributed by atoms with van der Waals surface area (Å²) in [5, 5.41) is 34.7. The molecule has 10 nitrogen and oxygen atoms in total. The van der Waals surface area contributed by atoms with Gasteiger partial charge in [-0.1, -0.05) is 71.6 Å². The normalized spacial score (nSPS) is 17.7. The van der Waals surface area contributed by atoms with Gasteiger partial charge in [0.15, 0.2) is 0 Å².